The van der Waals surface area contributed by atoms with E-state index in [1.807, 2.05) is 67.0 Å². The quantitative estimate of drug-likeness (QED) is 0.334. The molecule has 4 aliphatic heterocycles. The van der Waals surface area contributed by atoms with Crippen LogP contribution in [0.2, 0.25) is 0 Å². The Balaban J connectivity index is 1.02. The van der Waals surface area contributed by atoms with E-state index in [4.69, 9.17) is 5.73 Å². The molecule has 0 spiro atoms. The first-order valence-electron chi connectivity index (χ1n) is 20.1. The third kappa shape index (κ3) is 7.88. The predicted molar refractivity (Wildman–Crippen MR) is 211 cm³/mol. The molecule has 2 aromatic carbocycles. The highest BCUT2D eigenvalue weighted by Crippen LogP contribution is 2.37. The number of nitrogens with one attached hydrogen (secondary N) is 1. The molecular weight excluding hydrogens is 697 g/mol. The Labute approximate surface area is 323 Å². The SMILES string of the molecule is CN1CCN(C(=O)[C@@H]2[C@H](CC3CCN(Cc4ccc5c(c4)n(C)c(=O)n5C4CCC(=O)NC4=O)CC3)CCN2C(=O)[C@@H](N)C(C)(C)C)C[C@H]1c1ccccc1. The number of hydrogen-bond acceptors (Lipinski definition) is 8. The highest BCUT2D eigenvalue weighted by Gasteiger charge is 2.47. The summed E-state index contributed by atoms with van der Waals surface area (Å²) < 4.78 is 3.10. The van der Waals surface area contributed by atoms with E-state index in [2.05, 4.69) is 34.3 Å². The van der Waals surface area contributed by atoms with E-state index in [9.17, 15) is 24.0 Å². The predicted octanol–water partition coefficient (Wildman–Crippen LogP) is 3.03. The van der Waals surface area contributed by atoms with Gasteiger partial charge in [-0.2, -0.15) is 0 Å². The molecule has 4 aliphatic rings. The van der Waals surface area contributed by atoms with Gasteiger partial charge in [0.15, 0.2) is 0 Å². The Morgan fingerprint density at radius 2 is 1.60 bits per heavy atom. The summed E-state index contributed by atoms with van der Waals surface area (Å²) >= 11 is 0. The fourth-order valence-corrected chi connectivity index (χ4v) is 9.33. The maximum atomic E-state index is 14.6. The van der Waals surface area contributed by atoms with Gasteiger partial charge in [-0.3, -0.25) is 43.4 Å². The number of aromatic nitrogens is 2. The van der Waals surface area contributed by atoms with Crippen LogP contribution in [-0.4, -0.2) is 111 Å². The molecule has 1 aromatic heterocycles. The van der Waals surface area contributed by atoms with E-state index in [1.54, 1.807) is 11.6 Å². The molecule has 5 heterocycles. The zero-order valence-electron chi connectivity index (χ0n) is 33.1. The van der Waals surface area contributed by atoms with Crippen LogP contribution in [0.3, 0.4) is 0 Å². The van der Waals surface area contributed by atoms with E-state index in [-0.39, 0.29) is 41.8 Å². The van der Waals surface area contributed by atoms with Gasteiger partial charge in [-0.05, 0) is 92.8 Å². The van der Waals surface area contributed by atoms with Gasteiger partial charge in [0, 0.05) is 46.2 Å². The second kappa shape index (κ2) is 15.7. The fourth-order valence-electron chi connectivity index (χ4n) is 9.33. The number of imidazole rings is 1. The molecule has 13 heteroatoms. The maximum Gasteiger partial charge on any atom is 0.329 e. The van der Waals surface area contributed by atoms with Crippen LogP contribution in [0.15, 0.2) is 53.3 Å². The Morgan fingerprint density at radius 1 is 0.873 bits per heavy atom. The third-order valence-electron chi connectivity index (χ3n) is 12.8. The minimum absolute atomic E-state index is 0.0552. The lowest BCUT2D eigenvalue weighted by molar-refractivity contribution is -0.148. The van der Waals surface area contributed by atoms with Crippen LogP contribution in [0, 0.1) is 17.3 Å². The lowest BCUT2D eigenvalue weighted by Crippen LogP contribution is -2.59. The maximum absolute atomic E-state index is 14.6. The summed E-state index contributed by atoms with van der Waals surface area (Å²) in [6.45, 7) is 11.1. The van der Waals surface area contributed by atoms with Crippen molar-refractivity contribution in [3.8, 4) is 0 Å². The van der Waals surface area contributed by atoms with Crippen molar-refractivity contribution in [2.75, 3.05) is 46.3 Å². The van der Waals surface area contributed by atoms with Gasteiger partial charge in [-0.25, -0.2) is 4.79 Å². The summed E-state index contributed by atoms with van der Waals surface area (Å²) in [5.74, 6) is -0.295. The zero-order chi connectivity index (χ0) is 39.2. The normalized spacial score (nSPS) is 25.4. The first kappa shape index (κ1) is 38.9. The number of imide groups is 1. The van der Waals surface area contributed by atoms with Gasteiger partial charge in [0.1, 0.15) is 12.1 Å². The summed E-state index contributed by atoms with van der Waals surface area (Å²) in [7, 11) is 3.84. The van der Waals surface area contributed by atoms with Crippen LogP contribution >= 0.6 is 0 Å². The Bertz CT molecular complexity index is 1980. The monoisotopic (exact) mass is 754 g/mol. The fraction of sp³-hybridized carbons (Fsp3) is 0.595. The number of benzene rings is 2. The average Bonchev–Trinajstić information content (AvgIpc) is 3.69. The van der Waals surface area contributed by atoms with Crippen LogP contribution < -0.4 is 16.7 Å². The van der Waals surface area contributed by atoms with Crippen molar-refractivity contribution in [1.82, 2.24) is 34.1 Å². The zero-order valence-corrected chi connectivity index (χ0v) is 33.1. The number of nitrogens with zero attached hydrogens (tertiary/aromatic N) is 6. The molecule has 3 aromatic rings. The number of likely N-dealkylation sites (N-methyl/N-ethyl adjacent to an activating group) is 1. The molecule has 13 nitrogen and oxygen atoms in total. The number of likely N-dealkylation sites (tertiary alicyclic amines) is 2. The summed E-state index contributed by atoms with van der Waals surface area (Å²) in [6.07, 6.45) is 4.22. The minimum atomic E-state index is -0.707. The molecule has 0 saturated carbocycles. The van der Waals surface area contributed by atoms with E-state index in [0.29, 0.717) is 37.5 Å². The number of piperidine rings is 2. The minimum Gasteiger partial charge on any atom is -0.338 e. The Hall–Kier alpha value is -4.33. The van der Waals surface area contributed by atoms with Crippen LogP contribution in [0.1, 0.15) is 82.5 Å². The highest BCUT2D eigenvalue weighted by atomic mass is 16.2. The molecule has 55 heavy (non-hydrogen) atoms. The molecular formula is C42H58N8O5. The number of carbonyl (C=O) groups is 4. The Morgan fingerprint density at radius 3 is 2.29 bits per heavy atom. The number of amides is 4. The van der Waals surface area contributed by atoms with Crippen molar-refractivity contribution >= 4 is 34.7 Å². The van der Waals surface area contributed by atoms with Crippen molar-refractivity contribution in [3.05, 3.63) is 70.1 Å². The van der Waals surface area contributed by atoms with Gasteiger partial charge in [-0.1, -0.05) is 57.2 Å². The topological polar surface area (TPSA) is 146 Å². The Kier molecular flexibility index (Phi) is 11.1. The number of rotatable bonds is 8. The third-order valence-corrected chi connectivity index (χ3v) is 12.8. The highest BCUT2D eigenvalue weighted by molar-refractivity contribution is 6.00. The van der Waals surface area contributed by atoms with E-state index in [0.717, 1.165) is 62.9 Å². The molecule has 0 aliphatic carbocycles. The van der Waals surface area contributed by atoms with E-state index < -0.39 is 29.4 Å². The van der Waals surface area contributed by atoms with Crippen molar-refractivity contribution in [2.45, 2.75) is 90.0 Å². The van der Waals surface area contributed by atoms with Crippen LogP contribution in [0.25, 0.3) is 11.0 Å². The van der Waals surface area contributed by atoms with Crippen molar-refractivity contribution in [3.63, 3.8) is 0 Å². The summed E-state index contributed by atoms with van der Waals surface area (Å²) in [5.41, 5.74) is 9.60. The van der Waals surface area contributed by atoms with Crippen LogP contribution in [0.4, 0.5) is 0 Å². The number of piperazine rings is 1. The van der Waals surface area contributed by atoms with Gasteiger partial charge in [0.05, 0.1) is 23.1 Å². The van der Waals surface area contributed by atoms with Crippen molar-refractivity contribution in [2.24, 2.45) is 30.0 Å². The lowest BCUT2D eigenvalue weighted by atomic mass is 9.82. The molecule has 4 saturated heterocycles. The smallest absolute Gasteiger partial charge is 0.329 e. The van der Waals surface area contributed by atoms with Crippen LogP contribution in [0.5, 0.6) is 0 Å². The molecule has 0 bridgehead atoms. The number of fused-ring (bicyclic) bond motifs is 1. The van der Waals surface area contributed by atoms with Crippen molar-refractivity contribution in [1.29, 1.82) is 0 Å². The molecule has 0 radical (unpaired) electrons. The van der Waals surface area contributed by atoms with E-state index >= 15 is 0 Å². The summed E-state index contributed by atoms with van der Waals surface area (Å²) in [4.78, 5) is 74.8. The number of aryl methyl sites for hydroxylation is 1. The standard InChI is InChI=1S/C42H58N8O5/c1-42(2,3)37(43)40(54)49-20-17-30(36(49)39(53)48-22-21-45(4)34(26-48)29-9-7-6-8-10-29)23-27-15-18-47(19-16-27)25-28-11-12-31-33(24-28)46(5)41(55)50(31)32-13-14-35(51)44-38(32)52/h6-12,24,27,30,32,34,36-37H,13-23,25-26,43H2,1-5H3,(H,44,51,52)/t30-,32?,34-,36-,37+/m0/s1. The average molecular weight is 755 g/mol. The van der Waals surface area contributed by atoms with Gasteiger partial charge in [0.25, 0.3) is 0 Å². The molecule has 5 atom stereocenters. The van der Waals surface area contributed by atoms with Gasteiger partial charge in [-0.15, -0.1) is 0 Å². The molecule has 4 amide bonds. The summed E-state index contributed by atoms with van der Waals surface area (Å²) in [5, 5.41) is 2.37. The number of nitrogens with two attached hydrogens (primary N) is 1. The lowest BCUT2D eigenvalue weighted by Gasteiger charge is -2.43. The van der Waals surface area contributed by atoms with Crippen LogP contribution in [-0.2, 0) is 32.8 Å². The second-order valence-corrected chi connectivity index (χ2v) is 17.5. The molecule has 1 unspecified atom stereocenters. The number of hydrogen-bond donors (Lipinski definition) is 2. The summed E-state index contributed by atoms with van der Waals surface area (Å²) in [6, 6.07) is 14.5. The van der Waals surface area contributed by atoms with Crippen molar-refractivity contribution < 1.29 is 19.2 Å². The molecule has 7 rings (SSSR count). The first-order chi connectivity index (χ1) is 26.2. The number of carbonyl (C=O) groups excluding carboxylic acids is 4. The second-order valence-electron chi connectivity index (χ2n) is 17.5. The molecule has 3 N–H and O–H groups in total. The van der Waals surface area contributed by atoms with Gasteiger partial charge in [0.2, 0.25) is 23.6 Å². The first-order valence-corrected chi connectivity index (χ1v) is 20.1. The van der Waals surface area contributed by atoms with Gasteiger partial charge >= 0.3 is 5.69 Å². The largest absolute Gasteiger partial charge is 0.338 e. The van der Waals surface area contributed by atoms with Gasteiger partial charge < -0.3 is 15.5 Å². The molecule has 4 fully saturated rings. The van der Waals surface area contributed by atoms with E-state index in [1.165, 1.54) is 10.1 Å². The molecule has 296 valence electrons.